The zero-order chi connectivity index (χ0) is 19.2. The smallest absolute Gasteiger partial charge is 0.337 e. The molecule has 136 valence electrons. The number of rotatable bonds is 5. The molecule has 9 heteroatoms. The summed E-state index contributed by atoms with van der Waals surface area (Å²) in [6.07, 6.45) is 4.20. The molecule has 3 aromatic rings. The van der Waals surface area contributed by atoms with Gasteiger partial charge in [-0.15, -0.1) is 11.3 Å². The summed E-state index contributed by atoms with van der Waals surface area (Å²) in [5, 5.41) is 7.03. The predicted octanol–water partition coefficient (Wildman–Crippen LogP) is 2.83. The zero-order valence-electron chi connectivity index (χ0n) is 14.1. The van der Waals surface area contributed by atoms with Crippen molar-refractivity contribution in [3.63, 3.8) is 0 Å². The lowest BCUT2D eigenvalue weighted by Gasteiger charge is -2.08. The van der Waals surface area contributed by atoms with Crippen molar-refractivity contribution < 1.29 is 19.1 Å². The number of hydrogen-bond acceptors (Lipinski definition) is 7. The molecule has 0 spiro atoms. The number of amides is 2. The van der Waals surface area contributed by atoms with E-state index in [1.807, 2.05) is 0 Å². The van der Waals surface area contributed by atoms with E-state index in [4.69, 9.17) is 0 Å². The van der Waals surface area contributed by atoms with E-state index in [0.717, 1.165) is 0 Å². The van der Waals surface area contributed by atoms with Gasteiger partial charge in [0.25, 0.3) is 11.8 Å². The number of thiophene rings is 1. The maximum absolute atomic E-state index is 12.6. The van der Waals surface area contributed by atoms with Crippen molar-refractivity contribution in [2.75, 3.05) is 17.7 Å². The minimum absolute atomic E-state index is 0.140. The fourth-order valence-corrected chi connectivity index (χ4v) is 2.96. The number of aromatic nitrogens is 2. The van der Waals surface area contributed by atoms with Crippen LogP contribution in [-0.2, 0) is 4.74 Å². The van der Waals surface area contributed by atoms with Crippen LogP contribution in [0.2, 0.25) is 0 Å². The minimum Gasteiger partial charge on any atom is -0.465 e. The molecule has 0 aliphatic heterocycles. The average Bonchev–Trinajstić information content (AvgIpc) is 3.16. The number of anilines is 2. The number of benzene rings is 1. The molecule has 0 saturated carbocycles. The Balaban J connectivity index is 1.74. The average molecular weight is 382 g/mol. The van der Waals surface area contributed by atoms with Gasteiger partial charge in [0.2, 0.25) is 0 Å². The lowest BCUT2D eigenvalue weighted by Crippen LogP contribution is -2.17. The van der Waals surface area contributed by atoms with Crippen molar-refractivity contribution in [1.82, 2.24) is 9.97 Å². The molecule has 2 amide bonds. The summed E-state index contributed by atoms with van der Waals surface area (Å²) in [7, 11) is 1.28. The molecule has 8 nitrogen and oxygen atoms in total. The second-order valence-corrected chi connectivity index (χ2v) is 6.15. The first kappa shape index (κ1) is 18.2. The molecule has 0 aliphatic rings. The molecular formula is C18H14N4O4S. The van der Waals surface area contributed by atoms with Crippen LogP contribution >= 0.6 is 11.3 Å². The highest BCUT2D eigenvalue weighted by molar-refractivity contribution is 7.12. The lowest BCUT2D eigenvalue weighted by atomic mass is 10.2. The van der Waals surface area contributed by atoms with Crippen LogP contribution in [-0.4, -0.2) is 34.9 Å². The highest BCUT2D eigenvalue weighted by Crippen LogP contribution is 2.24. The van der Waals surface area contributed by atoms with Gasteiger partial charge >= 0.3 is 5.97 Å². The number of esters is 1. The molecule has 0 saturated heterocycles. The van der Waals surface area contributed by atoms with E-state index in [2.05, 4.69) is 25.3 Å². The van der Waals surface area contributed by atoms with Crippen LogP contribution in [0.25, 0.3) is 0 Å². The normalized spacial score (nSPS) is 10.1. The Morgan fingerprint density at radius 2 is 1.93 bits per heavy atom. The molecular weight excluding hydrogens is 368 g/mol. The molecule has 0 aliphatic carbocycles. The number of ether oxygens (including phenoxy) is 1. The molecule has 27 heavy (non-hydrogen) atoms. The van der Waals surface area contributed by atoms with E-state index in [-0.39, 0.29) is 5.69 Å². The molecule has 0 atom stereocenters. The van der Waals surface area contributed by atoms with Crippen LogP contribution in [0.1, 0.15) is 30.5 Å². The van der Waals surface area contributed by atoms with Crippen LogP contribution in [0.4, 0.5) is 11.4 Å². The Hall–Kier alpha value is -3.59. The van der Waals surface area contributed by atoms with Gasteiger partial charge in [-0.25, -0.2) is 9.78 Å². The Morgan fingerprint density at radius 1 is 1.07 bits per heavy atom. The minimum atomic E-state index is -0.501. The third-order valence-electron chi connectivity index (χ3n) is 3.46. The van der Waals surface area contributed by atoms with E-state index >= 15 is 0 Å². The lowest BCUT2D eigenvalue weighted by molar-refractivity contribution is 0.0600. The fourth-order valence-electron chi connectivity index (χ4n) is 2.22. The summed E-state index contributed by atoms with van der Waals surface area (Å²) in [4.78, 5) is 44.4. The van der Waals surface area contributed by atoms with E-state index in [9.17, 15) is 14.4 Å². The summed E-state index contributed by atoms with van der Waals surface area (Å²) < 4.78 is 4.67. The maximum Gasteiger partial charge on any atom is 0.337 e. The van der Waals surface area contributed by atoms with Crippen LogP contribution in [0, 0.1) is 0 Å². The van der Waals surface area contributed by atoms with Crippen molar-refractivity contribution in [1.29, 1.82) is 0 Å². The second kappa shape index (κ2) is 8.19. The van der Waals surface area contributed by atoms with Crippen molar-refractivity contribution >= 4 is 40.5 Å². The first-order chi connectivity index (χ1) is 13.1. The van der Waals surface area contributed by atoms with E-state index in [1.54, 1.807) is 29.6 Å². The third kappa shape index (κ3) is 4.33. The molecule has 3 rings (SSSR count). The van der Waals surface area contributed by atoms with Gasteiger partial charge in [-0.05, 0) is 29.6 Å². The number of nitrogens with zero attached hydrogens (tertiary/aromatic N) is 2. The van der Waals surface area contributed by atoms with Crippen LogP contribution in [0.3, 0.4) is 0 Å². The van der Waals surface area contributed by atoms with E-state index in [1.165, 1.54) is 43.1 Å². The Morgan fingerprint density at radius 3 is 2.67 bits per heavy atom. The molecule has 0 bridgehead atoms. The highest BCUT2D eigenvalue weighted by atomic mass is 32.1. The topological polar surface area (TPSA) is 110 Å². The molecule has 0 fully saturated rings. The van der Waals surface area contributed by atoms with Gasteiger partial charge in [0.05, 0.1) is 24.6 Å². The number of carbonyl (C=O) groups excluding carboxylic acids is 3. The summed E-state index contributed by atoms with van der Waals surface area (Å²) >= 11 is 1.17. The maximum atomic E-state index is 12.6. The number of hydrogen-bond donors (Lipinski definition) is 2. The van der Waals surface area contributed by atoms with Gasteiger partial charge in [0.15, 0.2) is 0 Å². The van der Waals surface area contributed by atoms with Crippen molar-refractivity contribution in [3.05, 3.63) is 70.4 Å². The van der Waals surface area contributed by atoms with Gasteiger partial charge in [-0.1, -0.05) is 6.07 Å². The standard InChI is InChI=1S/C18H14N4O4S/c1-26-18(25)11-3-2-4-12(9-11)21-17(24)15-13(5-8-27-15)22-16(23)14-10-19-6-7-20-14/h2-10H,1H3,(H,21,24)(H,22,23). The number of carbonyl (C=O) groups is 3. The predicted molar refractivity (Wildman–Crippen MR) is 100 cm³/mol. The van der Waals surface area contributed by atoms with Gasteiger partial charge in [0.1, 0.15) is 10.6 Å². The molecule has 0 radical (unpaired) electrons. The Labute approximate surface area is 158 Å². The van der Waals surface area contributed by atoms with Gasteiger partial charge < -0.3 is 15.4 Å². The van der Waals surface area contributed by atoms with Crippen LogP contribution < -0.4 is 10.6 Å². The van der Waals surface area contributed by atoms with Crippen molar-refractivity contribution in [2.24, 2.45) is 0 Å². The summed E-state index contributed by atoms with van der Waals surface area (Å²) in [6.45, 7) is 0. The molecule has 0 unspecified atom stereocenters. The summed E-state index contributed by atoms with van der Waals surface area (Å²) in [5.41, 5.74) is 1.25. The quantitative estimate of drug-likeness (QED) is 0.657. The first-order valence-electron chi connectivity index (χ1n) is 7.73. The van der Waals surface area contributed by atoms with E-state index < -0.39 is 17.8 Å². The molecule has 2 aromatic heterocycles. The first-order valence-corrected chi connectivity index (χ1v) is 8.61. The van der Waals surface area contributed by atoms with Crippen LogP contribution in [0.5, 0.6) is 0 Å². The second-order valence-electron chi connectivity index (χ2n) is 5.23. The zero-order valence-corrected chi connectivity index (χ0v) is 14.9. The highest BCUT2D eigenvalue weighted by Gasteiger charge is 2.17. The molecule has 2 heterocycles. The Kier molecular flexibility index (Phi) is 5.53. The van der Waals surface area contributed by atoms with Gasteiger partial charge in [0, 0.05) is 18.1 Å². The Bertz CT molecular complexity index is 988. The summed E-state index contributed by atoms with van der Waals surface area (Å²) in [5.74, 6) is -1.39. The number of nitrogens with one attached hydrogen (secondary N) is 2. The monoisotopic (exact) mass is 382 g/mol. The SMILES string of the molecule is COC(=O)c1cccc(NC(=O)c2sccc2NC(=O)c2cnccn2)c1. The molecule has 1 aromatic carbocycles. The molecule has 2 N–H and O–H groups in total. The number of methoxy groups -OCH3 is 1. The van der Waals surface area contributed by atoms with Gasteiger partial charge in [-0.3, -0.25) is 14.6 Å². The fraction of sp³-hybridized carbons (Fsp3) is 0.0556. The third-order valence-corrected chi connectivity index (χ3v) is 4.37. The summed E-state index contributed by atoms with van der Waals surface area (Å²) in [6, 6.07) is 8.00. The van der Waals surface area contributed by atoms with Crippen LogP contribution in [0.15, 0.2) is 54.3 Å². The van der Waals surface area contributed by atoms with Crippen molar-refractivity contribution in [2.45, 2.75) is 0 Å². The van der Waals surface area contributed by atoms with Crippen molar-refractivity contribution in [3.8, 4) is 0 Å². The van der Waals surface area contributed by atoms with E-state index in [0.29, 0.717) is 21.8 Å². The largest absolute Gasteiger partial charge is 0.465 e. The van der Waals surface area contributed by atoms with Gasteiger partial charge in [-0.2, -0.15) is 0 Å².